The third-order valence-electron chi connectivity index (χ3n) is 3.45. The average Bonchev–Trinajstić information content (AvgIpc) is 2.87. The van der Waals surface area contributed by atoms with E-state index in [0.29, 0.717) is 5.78 Å². The summed E-state index contributed by atoms with van der Waals surface area (Å²) in [5.74, 6) is 0.545. The molecule has 1 aliphatic heterocycles. The Kier molecular flexibility index (Phi) is 2.95. The summed E-state index contributed by atoms with van der Waals surface area (Å²) in [7, 11) is 0. The number of fused-ring (bicyclic) bond motifs is 1. The summed E-state index contributed by atoms with van der Waals surface area (Å²) in [6, 6.07) is 8.12. The highest BCUT2D eigenvalue weighted by Gasteiger charge is 2.23. The first-order valence-corrected chi connectivity index (χ1v) is 6.95. The Morgan fingerprint density at radius 1 is 1.24 bits per heavy atom. The quantitative estimate of drug-likeness (QED) is 0.824. The van der Waals surface area contributed by atoms with Gasteiger partial charge in [-0.2, -0.15) is 0 Å². The number of ketones is 1. The van der Waals surface area contributed by atoms with Crippen molar-refractivity contribution >= 4 is 27.2 Å². The summed E-state index contributed by atoms with van der Waals surface area (Å²) in [5.41, 5.74) is 0.921. The van der Waals surface area contributed by atoms with Crippen molar-refractivity contribution in [2.75, 3.05) is 13.1 Å². The fourth-order valence-electron chi connectivity index (χ4n) is 2.49. The molecule has 1 aromatic heterocycles. The minimum Gasteiger partial charge on any atom is -0.317 e. The summed E-state index contributed by atoms with van der Waals surface area (Å²) in [6.07, 6.45) is 1.95. The van der Waals surface area contributed by atoms with Gasteiger partial charge < -0.3 is 5.32 Å². The maximum Gasteiger partial charge on any atom is 0.167 e. The molecule has 0 bridgehead atoms. The molecular formula is C14H15NOS. The van der Waals surface area contributed by atoms with Crippen molar-refractivity contribution in [1.82, 2.24) is 5.32 Å². The predicted octanol–water partition coefficient (Wildman–Crippen LogP) is 3.08. The zero-order valence-electron chi connectivity index (χ0n) is 9.61. The van der Waals surface area contributed by atoms with Crippen LogP contribution in [0.2, 0.25) is 0 Å². The van der Waals surface area contributed by atoms with Gasteiger partial charge in [-0.05, 0) is 48.8 Å². The third kappa shape index (κ3) is 2.01. The van der Waals surface area contributed by atoms with Crippen LogP contribution in [0.25, 0.3) is 10.1 Å². The average molecular weight is 245 g/mol. The molecule has 1 aliphatic rings. The first-order valence-electron chi connectivity index (χ1n) is 6.07. The number of Topliss-reactive ketones (excluding diaryl/α,β-unsaturated/α-hetero) is 1. The molecule has 1 N–H and O–H groups in total. The summed E-state index contributed by atoms with van der Waals surface area (Å²) in [5, 5.41) is 6.55. The molecule has 0 saturated carbocycles. The molecule has 3 rings (SSSR count). The van der Waals surface area contributed by atoms with Crippen LogP contribution < -0.4 is 5.32 Å². The van der Waals surface area contributed by atoms with Gasteiger partial charge in [0, 0.05) is 16.2 Å². The molecule has 2 aromatic rings. The molecule has 2 heterocycles. The lowest BCUT2D eigenvalue weighted by molar-refractivity contribution is 0.0897. The summed E-state index contributed by atoms with van der Waals surface area (Å²) in [4.78, 5) is 12.5. The summed E-state index contributed by atoms with van der Waals surface area (Å²) in [6.45, 7) is 1.94. The minimum absolute atomic E-state index is 0.212. The van der Waals surface area contributed by atoms with Crippen LogP contribution in [-0.2, 0) is 0 Å². The Morgan fingerprint density at radius 3 is 2.88 bits per heavy atom. The number of hydrogen-bond donors (Lipinski definition) is 1. The van der Waals surface area contributed by atoms with E-state index < -0.39 is 0 Å². The Morgan fingerprint density at radius 2 is 2.06 bits per heavy atom. The molecule has 0 unspecified atom stereocenters. The van der Waals surface area contributed by atoms with Crippen molar-refractivity contribution < 1.29 is 4.79 Å². The molecule has 17 heavy (non-hydrogen) atoms. The number of hydrogen-bond acceptors (Lipinski definition) is 3. The number of rotatable bonds is 2. The Bertz CT molecular complexity index is 540. The molecule has 0 aliphatic carbocycles. The standard InChI is InChI=1S/C14H15NOS/c16-13(10-4-7-15-8-5-10)12-3-1-2-11-6-9-17-14(11)12/h1-3,6,9-10,15H,4-5,7-8H2. The zero-order chi connectivity index (χ0) is 11.7. The largest absolute Gasteiger partial charge is 0.317 e. The van der Waals surface area contributed by atoms with Crippen molar-refractivity contribution in [1.29, 1.82) is 0 Å². The van der Waals surface area contributed by atoms with Gasteiger partial charge in [-0.25, -0.2) is 0 Å². The van der Waals surface area contributed by atoms with E-state index >= 15 is 0 Å². The van der Waals surface area contributed by atoms with Gasteiger partial charge in [-0.15, -0.1) is 11.3 Å². The van der Waals surface area contributed by atoms with E-state index in [1.54, 1.807) is 11.3 Å². The van der Waals surface area contributed by atoms with Crippen molar-refractivity contribution in [3.05, 3.63) is 35.2 Å². The second-order valence-electron chi connectivity index (χ2n) is 4.53. The van der Waals surface area contributed by atoms with Crippen molar-refractivity contribution in [3.8, 4) is 0 Å². The van der Waals surface area contributed by atoms with Crippen LogP contribution in [0.5, 0.6) is 0 Å². The maximum absolute atomic E-state index is 12.5. The van der Waals surface area contributed by atoms with Crippen molar-refractivity contribution in [2.24, 2.45) is 5.92 Å². The number of nitrogens with one attached hydrogen (secondary N) is 1. The van der Waals surface area contributed by atoms with Crippen LogP contribution in [0.4, 0.5) is 0 Å². The number of thiophene rings is 1. The van der Waals surface area contributed by atoms with E-state index in [4.69, 9.17) is 0 Å². The van der Waals surface area contributed by atoms with Gasteiger partial charge in [-0.1, -0.05) is 12.1 Å². The molecule has 1 saturated heterocycles. The molecule has 2 nitrogen and oxygen atoms in total. The lowest BCUT2D eigenvalue weighted by Crippen LogP contribution is -2.31. The highest BCUT2D eigenvalue weighted by atomic mass is 32.1. The lowest BCUT2D eigenvalue weighted by atomic mass is 9.89. The first-order chi connectivity index (χ1) is 8.36. The van der Waals surface area contributed by atoms with E-state index in [1.807, 2.05) is 12.1 Å². The molecule has 1 fully saturated rings. The molecule has 0 atom stereocenters. The van der Waals surface area contributed by atoms with Gasteiger partial charge in [0.15, 0.2) is 5.78 Å². The number of carbonyl (C=O) groups is 1. The van der Waals surface area contributed by atoms with E-state index in [1.165, 1.54) is 5.39 Å². The number of carbonyl (C=O) groups excluding carboxylic acids is 1. The fourth-order valence-corrected chi connectivity index (χ4v) is 3.41. The SMILES string of the molecule is O=C(c1cccc2ccsc12)C1CCNCC1. The Hall–Kier alpha value is -1.19. The highest BCUT2D eigenvalue weighted by molar-refractivity contribution is 7.17. The summed E-state index contributed by atoms with van der Waals surface area (Å²) >= 11 is 1.67. The lowest BCUT2D eigenvalue weighted by Gasteiger charge is -2.21. The maximum atomic E-state index is 12.5. The summed E-state index contributed by atoms with van der Waals surface area (Å²) < 4.78 is 1.15. The second kappa shape index (κ2) is 4.59. The predicted molar refractivity (Wildman–Crippen MR) is 71.7 cm³/mol. The number of piperidine rings is 1. The van der Waals surface area contributed by atoms with Gasteiger partial charge in [0.05, 0.1) is 0 Å². The third-order valence-corrected chi connectivity index (χ3v) is 4.42. The first kappa shape index (κ1) is 10.9. The van der Waals surface area contributed by atoms with E-state index in [0.717, 1.165) is 36.2 Å². The van der Waals surface area contributed by atoms with Crippen LogP contribution in [0.3, 0.4) is 0 Å². The van der Waals surface area contributed by atoms with Crippen LogP contribution in [0.15, 0.2) is 29.6 Å². The fraction of sp³-hybridized carbons (Fsp3) is 0.357. The van der Waals surface area contributed by atoms with E-state index in [2.05, 4.69) is 22.8 Å². The molecule has 0 amide bonds. The zero-order valence-corrected chi connectivity index (χ0v) is 10.4. The van der Waals surface area contributed by atoms with Crippen molar-refractivity contribution in [3.63, 3.8) is 0 Å². The van der Waals surface area contributed by atoms with Gasteiger partial charge in [-0.3, -0.25) is 4.79 Å². The molecule has 0 spiro atoms. The normalized spacial score (nSPS) is 17.4. The second-order valence-corrected chi connectivity index (χ2v) is 5.45. The van der Waals surface area contributed by atoms with Gasteiger partial charge in [0.1, 0.15) is 0 Å². The van der Waals surface area contributed by atoms with Crippen LogP contribution in [0, 0.1) is 5.92 Å². The van der Waals surface area contributed by atoms with Crippen molar-refractivity contribution in [2.45, 2.75) is 12.8 Å². The van der Waals surface area contributed by atoms with Crippen LogP contribution in [-0.4, -0.2) is 18.9 Å². The topological polar surface area (TPSA) is 29.1 Å². The molecular weight excluding hydrogens is 230 g/mol. The van der Waals surface area contributed by atoms with Crippen LogP contribution >= 0.6 is 11.3 Å². The monoisotopic (exact) mass is 245 g/mol. The van der Waals surface area contributed by atoms with Gasteiger partial charge >= 0.3 is 0 Å². The smallest absolute Gasteiger partial charge is 0.167 e. The molecule has 1 aromatic carbocycles. The van der Waals surface area contributed by atoms with Crippen LogP contribution in [0.1, 0.15) is 23.2 Å². The minimum atomic E-state index is 0.212. The van der Waals surface area contributed by atoms with Gasteiger partial charge in [0.2, 0.25) is 0 Å². The number of benzene rings is 1. The van der Waals surface area contributed by atoms with E-state index in [9.17, 15) is 4.79 Å². The molecule has 3 heteroatoms. The Balaban J connectivity index is 1.97. The molecule has 0 radical (unpaired) electrons. The van der Waals surface area contributed by atoms with E-state index in [-0.39, 0.29) is 5.92 Å². The van der Waals surface area contributed by atoms with Gasteiger partial charge in [0.25, 0.3) is 0 Å². The Labute approximate surface area is 105 Å². The molecule has 88 valence electrons. The highest BCUT2D eigenvalue weighted by Crippen LogP contribution is 2.28.